The van der Waals surface area contributed by atoms with Crippen molar-refractivity contribution in [3.63, 3.8) is 0 Å². The van der Waals surface area contributed by atoms with Gasteiger partial charge in [-0.15, -0.1) is 0 Å². The van der Waals surface area contributed by atoms with Gasteiger partial charge in [0.1, 0.15) is 17.3 Å². The first-order valence-electron chi connectivity index (χ1n) is 12.9. The van der Waals surface area contributed by atoms with Crippen LogP contribution in [0.5, 0.6) is 17.2 Å². The van der Waals surface area contributed by atoms with E-state index in [9.17, 15) is 14.7 Å². The highest BCUT2D eigenvalue weighted by atomic mass is 16.5. The zero-order valence-electron chi connectivity index (χ0n) is 22.6. The first-order chi connectivity index (χ1) is 19.4. The van der Waals surface area contributed by atoms with E-state index < -0.39 is 23.1 Å². The van der Waals surface area contributed by atoms with E-state index in [1.165, 1.54) is 18.7 Å². The normalized spacial score (nSPS) is 13.9. The predicted octanol–water partition coefficient (Wildman–Crippen LogP) is 4.88. The summed E-state index contributed by atoms with van der Waals surface area (Å²) in [7, 11) is 4.49. The predicted molar refractivity (Wildman–Crippen MR) is 147 cm³/mol. The van der Waals surface area contributed by atoms with Gasteiger partial charge in [0.05, 0.1) is 40.2 Å². The first kappa shape index (κ1) is 27.1. The maximum absolute atomic E-state index is 12.9. The quantitative estimate of drug-likeness (QED) is 0.294. The van der Waals surface area contributed by atoms with Gasteiger partial charge in [-0.05, 0) is 41.8 Å². The molecule has 1 aliphatic rings. The minimum absolute atomic E-state index is 0.0364. The molecule has 0 amide bonds. The van der Waals surface area contributed by atoms with Crippen molar-refractivity contribution in [3.05, 3.63) is 99.3 Å². The summed E-state index contributed by atoms with van der Waals surface area (Å²) in [5, 5.41) is 10.8. The molecule has 0 spiro atoms. The van der Waals surface area contributed by atoms with Crippen LogP contribution in [0.15, 0.2) is 74.3 Å². The van der Waals surface area contributed by atoms with Crippen LogP contribution < -0.4 is 14.9 Å². The Morgan fingerprint density at radius 3 is 2.40 bits per heavy atom. The summed E-state index contributed by atoms with van der Waals surface area (Å²) in [6.45, 7) is 1.67. The molecule has 0 unspecified atom stereocenters. The van der Waals surface area contributed by atoms with Crippen molar-refractivity contribution in [2.24, 2.45) is 0 Å². The molecule has 0 bridgehead atoms. The topological polar surface area (TPSA) is 112 Å². The monoisotopic (exact) mass is 545 g/mol. The molecule has 1 N–H and O–H groups in total. The van der Waals surface area contributed by atoms with Gasteiger partial charge >= 0.3 is 5.97 Å². The molecule has 5 rings (SSSR count). The van der Waals surface area contributed by atoms with Crippen molar-refractivity contribution in [1.82, 2.24) is 4.90 Å². The van der Waals surface area contributed by atoms with Crippen LogP contribution in [0.25, 0.3) is 11.3 Å². The average molecular weight is 546 g/mol. The van der Waals surface area contributed by atoms with E-state index in [4.69, 9.17) is 23.0 Å². The molecular weight excluding hydrogens is 514 g/mol. The highest BCUT2D eigenvalue weighted by molar-refractivity contribution is 5.71. The number of fused-ring (bicyclic) bond motifs is 1. The Kier molecular flexibility index (Phi) is 7.93. The molecule has 3 heterocycles. The fraction of sp³-hybridized carbons (Fsp3) is 0.290. The Morgan fingerprint density at radius 1 is 0.975 bits per heavy atom. The van der Waals surface area contributed by atoms with E-state index >= 15 is 0 Å². The second-order valence-corrected chi connectivity index (χ2v) is 9.63. The van der Waals surface area contributed by atoms with Crippen LogP contribution in [-0.2, 0) is 29.0 Å². The summed E-state index contributed by atoms with van der Waals surface area (Å²) in [5.74, 6) is 0.668. The van der Waals surface area contributed by atoms with Gasteiger partial charge in [0.15, 0.2) is 17.3 Å². The first-order valence-corrected chi connectivity index (χ1v) is 12.9. The molecule has 0 radical (unpaired) electrons. The molecule has 0 fully saturated rings. The Morgan fingerprint density at radius 2 is 1.70 bits per heavy atom. The maximum atomic E-state index is 12.9. The van der Waals surface area contributed by atoms with Gasteiger partial charge in [0, 0.05) is 24.7 Å². The highest BCUT2D eigenvalue weighted by Crippen LogP contribution is 2.37. The van der Waals surface area contributed by atoms with E-state index in [0.717, 1.165) is 24.1 Å². The standard InChI is InChI=1S/C31H31NO8/c1-36-27-13-20-11-12-32(17-21(20)14-28(27)37-2)18-22-15-24(33)30(35)31(39-22)23(16-29(34)38-3)26-10-9-25(40-26)19-7-5-4-6-8-19/h4-10,13-15,23,35H,11-12,16-18H2,1-3H3/t23-/m1/s1. The van der Waals surface area contributed by atoms with Crippen molar-refractivity contribution < 1.29 is 32.9 Å². The number of aromatic hydroxyl groups is 1. The van der Waals surface area contributed by atoms with Gasteiger partial charge in [0.2, 0.25) is 11.2 Å². The molecule has 4 aromatic rings. The van der Waals surface area contributed by atoms with Crippen molar-refractivity contribution in [2.45, 2.75) is 31.8 Å². The van der Waals surface area contributed by atoms with E-state index in [1.807, 2.05) is 42.5 Å². The van der Waals surface area contributed by atoms with Crippen molar-refractivity contribution in [3.8, 4) is 28.6 Å². The molecule has 0 saturated heterocycles. The number of rotatable bonds is 9. The summed E-state index contributed by atoms with van der Waals surface area (Å²) >= 11 is 0. The third-order valence-electron chi connectivity index (χ3n) is 7.12. The van der Waals surface area contributed by atoms with Crippen molar-refractivity contribution in [1.29, 1.82) is 0 Å². The fourth-order valence-corrected chi connectivity index (χ4v) is 5.04. The lowest BCUT2D eigenvalue weighted by atomic mass is 9.97. The largest absolute Gasteiger partial charge is 0.502 e. The second-order valence-electron chi connectivity index (χ2n) is 9.63. The van der Waals surface area contributed by atoms with Crippen molar-refractivity contribution in [2.75, 3.05) is 27.9 Å². The van der Waals surface area contributed by atoms with Crippen LogP contribution in [0.4, 0.5) is 0 Å². The Balaban J connectivity index is 1.45. The smallest absolute Gasteiger partial charge is 0.306 e. The minimum atomic E-state index is -0.864. The zero-order chi connectivity index (χ0) is 28.2. The van der Waals surface area contributed by atoms with E-state index in [2.05, 4.69) is 4.90 Å². The molecule has 9 nitrogen and oxygen atoms in total. The molecule has 0 aliphatic carbocycles. The Hall–Kier alpha value is -4.50. The lowest BCUT2D eigenvalue weighted by Gasteiger charge is -2.29. The van der Waals surface area contributed by atoms with Gasteiger partial charge in [-0.2, -0.15) is 0 Å². The summed E-state index contributed by atoms with van der Waals surface area (Å²) in [6, 6.07) is 18.2. The Bertz CT molecular complexity index is 1560. The van der Waals surface area contributed by atoms with Crippen LogP contribution in [0, 0.1) is 0 Å². The number of hydrogen-bond donors (Lipinski definition) is 1. The van der Waals surface area contributed by atoms with Crippen LogP contribution in [-0.4, -0.2) is 43.8 Å². The SMILES string of the molecule is COC(=O)C[C@H](c1ccc(-c2ccccc2)o1)c1oc(CN2CCc3cc(OC)c(OC)cc3C2)cc(=O)c1O. The minimum Gasteiger partial charge on any atom is -0.502 e. The van der Waals surface area contributed by atoms with Gasteiger partial charge < -0.3 is 28.2 Å². The maximum Gasteiger partial charge on any atom is 0.306 e. The number of methoxy groups -OCH3 is 3. The van der Waals surface area contributed by atoms with Crippen molar-refractivity contribution >= 4 is 5.97 Å². The molecule has 0 saturated carbocycles. The number of ether oxygens (including phenoxy) is 3. The summed E-state index contributed by atoms with van der Waals surface area (Å²) in [5.41, 5.74) is 2.53. The average Bonchev–Trinajstić information content (AvgIpc) is 3.47. The van der Waals surface area contributed by atoms with E-state index in [1.54, 1.807) is 26.4 Å². The number of furan rings is 1. The lowest BCUT2D eigenvalue weighted by Crippen LogP contribution is -2.30. The third kappa shape index (κ3) is 5.60. The van der Waals surface area contributed by atoms with Crippen LogP contribution in [0.2, 0.25) is 0 Å². The molecule has 2 aromatic heterocycles. The third-order valence-corrected chi connectivity index (χ3v) is 7.12. The molecule has 9 heteroatoms. The lowest BCUT2D eigenvalue weighted by molar-refractivity contribution is -0.141. The van der Waals surface area contributed by atoms with E-state index in [0.29, 0.717) is 41.9 Å². The Labute approximate surface area is 231 Å². The molecule has 1 atom stereocenters. The summed E-state index contributed by atoms with van der Waals surface area (Å²) in [4.78, 5) is 27.4. The molecular formula is C31H31NO8. The molecule has 40 heavy (non-hydrogen) atoms. The van der Waals surface area contributed by atoms with Crippen LogP contribution >= 0.6 is 0 Å². The number of hydrogen-bond acceptors (Lipinski definition) is 9. The molecule has 2 aromatic carbocycles. The molecule has 208 valence electrons. The summed E-state index contributed by atoms with van der Waals surface area (Å²) in [6.07, 6.45) is 0.599. The number of carbonyl (C=O) groups is 1. The number of esters is 1. The number of carbonyl (C=O) groups excluding carboxylic acids is 1. The van der Waals surface area contributed by atoms with Gasteiger partial charge in [0.25, 0.3) is 0 Å². The highest BCUT2D eigenvalue weighted by Gasteiger charge is 2.30. The second kappa shape index (κ2) is 11.7. The van der Waals surface area contributed by atoms with Gasteiger partial charge in [-0.3, -0.25) is 14.5 Å². The fourth-order valence-electron chi connectivity index (χ4n) is 5.04. The van der Waals surface area contributed by atoms with E-state index in [-0.39, 0.29) is 12.2 Å². The number of benzene rings is 2. The zero-order valence-corrected chi connectivity index (χ0v) is 22.6. The summed E-state index contributed by atoms with van der Waals surface area (Å²) < 4.78 is 28.0. The van der Waals surface area contributed by atoms with Gasteiger partial charge in [-0.25, -0.2) is 0 Å². The molecule has 1 aliphatic heterocycles. The van der Waals surface area contributed by atoms with Gasteiger partial charge in [-0.1, -0.05) is 30.3 Å². The number of nitrogens with zero attached hydrogens (tertiary/aromatic N) is 1. The van der Waals surface area contributed by atoms with Crippen LogP contribution in [0.1, 0.15) is 40.7 Å². The van der Waals surface area contributed by atoms with Crippen LogP contribution in [0.3, 0.4) is 0 Å².